The second-order valence-electron chi connectivity index (χ2n) is 9.01. The van der Waals surface area contributed by atoms with Crippen LogP contribution in [0.4, 0.5) is 4.39 Å². The van der Waals surface area contributed by atoms with Crippen molar-refractivity contribution < 1.29 is 14.3 Å². The number of rotatable bonds is 9. The maximum absolute atomic E-state index is 15.0. The number of nitrogens with zero attached hydrogens (tertiary/aromatic N) is 2. The van der Waals surface area contributed by atoms with Crippen molar-refractivity contribution in [3.8, 4) is 10.6 Å². The van der Waals surface area contributed by atoms with Crippen LogP contribution in [0.5, 0.6) is 0 Å². The minimum absolute atomic E-state index is 0.0114. The topological polar surface area (TPSA) is 75.1 Å². The maximum Gasteiger partial charge on any atom is 0.304 e. The molecule has 1 fully saturated rings. The molecular weight excluding hydrogens is 449 g/mol. The maximum atomic E-state index is 15.0. The van der Waals surface area contributed by atoms with Crippen molar-refractivity contribution in [2.45, 2.75) is 44.1 Å². The quantitative estimate of drug-likeness (QED) is 0.331. The Kier molecular flexibility index (Phi) is 6.15. The van der Waals surface area contributed by atoms with Crippen molar-refractivity contribution >= 4 is 27.7 Å². The molecule has 0 saturated heterocycles. The number of aromatic nitrogens is 2. The summed E-state index contributed by atoms with van der Waals surface area (Å²) in [4.78, 5) is 21.2. The Balaban J connectivity index is 1.33. The first-order chi connectivity index (χ1) is 16.4. The van der Waals surface area contributed by atoms with Gasteiger partial charge in [-0.15, -0.1) is 0 Å². The van der Waals surface area contributed by atoms with Crippen LogP contribution in [0.3, 0.4) is 0 Å². The van der Waals surface area contributed by atoms with E-state index in [0.29, 0.717) is 23.5 Å². The van der Waals surface area contributed by atoms with E-state index in [2.05, 4.69) is 40.6 Å². The van der Waals surface area contributed by atoms with Crippen LogP contribution in [0.25, 0.3) is 20.9 Å². The number of carboxylic acid groups (broad SMARTS) is 1. The molecule has 1 aliphatic rings. The van der Waals surface area contributed by atoms with Gasteiger partial charge in [-0.3, -0.25) is 4.79 Å². The van der Waals surface area contributed by atoms with Gasteiger partial charge in [-0.1, -0.05) is 47.7 Å². The smallest absolute Gasteiger partial charge is 0.304 e. The van der Waals surface area contributed by atoms with E-state index in [1.165, 1.54) is 16.9 Å². The van der Waals surface area contributed by atoms with Crippen LogP contribution in [-0.2, 0) is 16.6 Å². The molecule has 0 unspecified atom stereocenters. The van der Waals surface area contributed by atoms with Crippen LogP contribution in [0.2, 0.25) is 0 Å². The summed E-state index contributed by atoms with van der Waals surface area (Å²) in [6, 6.07) is 19.6. The lowest BCUT2D eigenvalue weighted by atomic mass is 9.92. The van der Waals surface area contributed by atoms with Gasteiger partial charge in [-0.05, 0) is 68.1 Å². The highest BCUT2D eigenvalue weighted by Crippen LogP contribution is 2.53. The molecule has 0 bridgehead atoms. The van der Waals surface area contributed by atoms with Crippen LogP contribution < -0.4 is 5.32 Å². The lowest BCUT2D eigenvalue weighted by Crippen LogP contribution is -2.30. The lowest BCUT2D eigenvalue weighted by molar-refractivity contribution is -0.137. The second kappa shape index (κ2) is 9.24. The molecule has 2 aromatic heterocycles. The van der Waals surface area contributed by atoms with Crippen molar-refractivity contribution in [2.75, 3.05) is 6.54 Å². The molecule has 2 heterocycles. The Hall–Kier alpha value is -3.16. The fourth-order valence-corrected chi connectivity index (χ4v) is 5.42. The molecule has 1 aliphatic carbocycles. The minimum Gasteiger partial charge on any atom is -0.481 e. The molecule has 0 radical (unpaired) electrons. The molecule has 1 saturated carbocycles. The number of thiazole rings is 1. The third-order valence-corrected chi connectivity index (χ3v) is 7.47. The number of pyridine rings is 1. The third-order valence-electron chi connectivity index (χ3n) is 6.47. The van der Waals surface area contributed by atoms with E-state index in [1.54, 1.807) is 12.1 Å². The number of carboxylic acids is 1. The molecule has 34 heavy (non-hydrogen) atoms. The zero-order valence-corrected chi connectivity index (χ0v) is 19.7. The molecule has 5 nitrogen and oxygen atoms in total. The lowest BCUT2D eigenvalue weighted by Gasteiger charge is -2.14. The van der Waals surface area contributed by atoms with Crippen LogP contribution in [0, 0.1) is 5.82 Å². The van der Waals surface area contributed by atoms with Gasteiger partial charge >= 0.3 is 5.97 Å². The third kappa shape index (κ3) is 4.58. The zero-order chi connectivity index (χ0) is 23.7. The van der Waals surface area contributed by atoms with Gasteiger partial charge < -0.3 is 10.4 Å². The largest absolute Gasteiger partial charge is 0.481 e. The van der Waals surface area contributed by atoms with Gasteiger partial charge in [-0.25, -0.2) is 14.4 Å². The van der Waals surface area contributed by atoms with Gasteiger partial charge in [0.15, 0.2) is 0 Å². The standard InChI is InChI=1S/C27H26FN3O2S/c1-17(15-24(32)33)29-14-11-18-7-8-20(21(28)16-18)25-30-22-9-10-23(31-26(22)34-25)27(12-13-27)19-5-3-2-4-6-19/h2-10,16-17,29H,11-15H2,1H3,(H,32,33)/t17-/m1/s1. The van der Waals surface area contributed by atoms with Crippen molar-refractivity contribution in [3.63, 3.8) is 0 Å². The Morgan fingerprint density at radius 1 is 1.15 bits per heavy atom. The number of benzene rings is 2. The minimum atomic E-state index is -0.833. The molecule has 7 heteroatoms. The van der Waals surface area contributed by atoms with Crippen LogP contribution in [0.15, 0.2) is 60.7 Å². The molecule has 0 aliphatic heterocycles. The summed E-state index contributed by atoms with van der Waals surface area (Å²) in [5.41, 5.74) is 4.46. The van der Waals surface area contributed by atoms with E-state index in [4.69, 9.17) is 10.1 Å². The fraction of sp³-hybridized carbons (Fsp3) is 0.296. The van der Waals surface area contributed by atoms with Crippen molar-refractivity contribution in [1.29, 1.82) is 0 Å². The summed E-state index contributed by atoms with van der Waals surface area (Å²) in [5, 5.41) is 12.6. The number of aliphatic carboxylic acids is 1. The van der Waals surface area contributed by atoms with E-state index in [9.17, 15) is 9.18 Å². The number of hydrogen-bond acceptors (Lipinski definition) is 5. The van der Waals surface area contributed by atoms with Gasteiger partial charge in [0.05, 0.1) is 12.1 Å². The predicted molar refractivity (Wildman–Crippen MR) is 133 cm³/mol. The molecule has 4 aromatic rings. The average Bonchev–Trinajstić information content (AvgIpc) is 3.52. The number of fused-ring (bicyclic) bond motifs is 1. The normalized spacial score (nSPS) is 15.4. The summed E-state index contributed by atoms with van der Waals surface area (Å²) in [7, 11) is 0. The Bertz CT molecular complexity index is 1330. The first kappa shape index (κ1) is 22.6. The van der Waals surface area contributed by atoms with E-state index in [-0.39, 0.29) is 23.7 Å². The average molecular weight is 476 g/mol. The van der Waals surface area contributed by atoms with Crippen LogP contribution in [-0.4, -0.2) is 33.6 Å². The number of hydrogen-bond donors (Lipinski definition) is 2. The van der Waals surface area contributed by atoms with E-state index in [0.717, 1.165) is 34.4 Å². The number of nitrogens with one attached hydrogen (secondary N) is 1. The van der Waals surface area contributed by atoms with Gasteiger partial charge in [0, 0.05) is 17.0 Å². The van der Waals surface area contributed by atoms with Crippen LogP contribution >= 0.6 is 11.3 Å². The Morgan fingerprint density at radius 2 is 1.94 bits per heavy atom. The van der Waals surface area contributed by atoms with Gasteiger partial charge in [0.2, 0.25) is 0 Å². The molecular formula is C27H26FN3O2S. The molecule has 0 amide bonds. The summed E-state index contributed by atoms with van der Waals surface area (Å²) in [6.07, 6.45) is 2.85. The molecule has 0 spiro atoms. The van der Waals surface area contributed by atoms with Crippen LogP contribution in [0.1, 0.15) is 43.0 Å². The highest BCUT2D eigenvalue weighted by Gasteiger charge is 2.47. The second-order valence-corrected chi connectivity index (χ2v) is 9.98. The van der Waals surface area contributed by atoms with Gasteiger partial charge in [-0.2, -0.15) is 0 Å². The summed E-state index contributed by atoms with van der Waals surface area (Å²) >= 11 is 1.42. The Labute approximate surface area is 201 Å². The molecule has 2 aromatic carbocycles. The number of carbonyl (C=O) groups is 1. The molecule has 1 atom stereocenters. The summed E-state index contributed by atoms with van der Waals surface area (Å²) in [5.74, 6) is -1.14. The fourth-order valence-electron chi connectivity index (χ4n) is 4.46. The monoisotopic (exact) mass is 475 g/mol. The number of halogens is 1. The summed E-state index contributed by atoms with van der Waals surface area (Å²) < 4.78 is 15.0. The van der Waals surface area contributed by atoms with Gasteiger partial charge in [0.25, 0.3) is 0 Å². The van der Waals surface area contributed by atoms with E-state index < -0.39 is 5.97 Å². The van der Waals surface area contributed by atoms with Gasteiger partial charge in [0.1, 0.15) is 21.2 Å². The van der Waals surface area contributed by atoms with Crippen molar-refractivity contribution in [3.05, 3.63) is 83.3 Å². The van der Waals surface area contributed by atoms with Crippen molar-refractivity contribution in [2.24, 2.45) is 0 Å². The van der Waals surface area contributed by atoms with Crippen molar-refractivity contribution in [1.82, 2.24) is 15.3 Å². The van der Waals surface area contributed by atoms with E-state index >= 15 is 0 Å². The first-order valence-electron chi connectivity index (χ1n) is 11.5. The molecule has 2 N–H and O–H groups in total. The first-order valence-corrected chi connectivity index (χ1v) is 12.3. The highest BCUT2D eigenvalue weighted by molar-refractivity contribution is 7.21. The highest BCUT2D eigenvalue weighted by atomic mass is 32.1. The Morgan fingerprint density at radius 3 is 2.65 bits per heavy atom. The molecule has 5 rings (SSSR count). The summed E-state index contributed by atoms with van der Waals surface area (Å²) in [6.45, 7) is 2.42. The predicted octanol–water partition coefficient (Wildman–Crippen LogP) is 5.57. The molecule has 174 valence electrons. The van der Waals surface area contributed by atoms with E-state index in [1.807, 2.05) is 25.1 Å². The zero-order valence-electron chi connectivity index (χ0n) is 18.9. The SMILES string of the molecule is C[C@H](CC(=O)O)NCCc1ccc(-c2nc3ccc(C4(c5ccccc5)CC4)nc3s2)c(F)c1.